The fourth-order valence-corrected chi connectivity index (χ4v) is 3.73. The van der Waals surface area contributed by atoms with E-state index in [1.165, 1.54) is 0 Å². The van der Waals surface area contributed by atoms with E-state index >= 15 is 0 Å². The van der Waals surface area contributed by atoms with Gasteiger partial charge in [0.05, 0.1) is 26.5 Å². The molecule has 26 heavy (non-hydrogen) atoms. The summed E-state index contributed by atoms with van der Waals surface area (Å²) in [6.45, 7) is 2.97. The van der Waals surface area contributed by atoms with Gasteiger partial charge in [-0.15, -0.1) is 0 Å². The van der Waals surface area contributed by atoms with Gasteiger partial charge in [-0.05, 0) is 19.0 Å². The number of carboxylic acid groups (broad SMARTS) is 1. The van der Waals surface area contributed by atoms with Crippen molar-refractivity contribution in [2.45, 2.75) is 18.9 Å². The molecule has 7 nitrogen and oxygen atoms in total. The van der Waals surface area contributed by atoms with Crippen molar-refractivity contribution >= 4 is 5.97 Å². The molecule has 1 saturated heterocycles. The highest BCUT2D eigenvalue weighted by atomic mass is 16.5. The molecule has 0 unspecified atom stereocenters. The Hall–Kier alpha value is -2.54. The third-order valence-corrected chi connectivity index (χ3v) is 5.00. The van der Waals surface area contributed by atoms with Crippen molar-refractivity contribution < 1.29 is 19.4 Å². The summed E-state index contributed by atoms with van der Waals surface area (Å²) in [5.41, 5.74) is 0.899. The largest absolute Gasteiger partial charge is 0.493 e. The number of aryl methyl sites for hydroxylation is 1. The number of ether oxygens (including phenoxy) is 2. The van der Waals surface area contributed by atoms with Crippen LogP contribution in [0.2, 0.25) is 0 Å². The predicted molar refractivity (Wildman–Crippen MR) is 96.7 cm³/mol. The third kappa shape index (κ3) is 3.83. The van der Waals surface area contributed by atoms with Gasteiger partial charge in [-0.1, -0.05) is 12.1 Å². The summed E-state index contributed by atoms with van der Waals surface area (Å²) in [6, 6.07) is 5.66. The molecule has 0 bridgehead atoms. The normalized spacial score (nSPS) is 20.2. The fraction of sp³-hybridized carbons (Fsp3) is 0.474. The van der Waals surface area contributed by atoms with Gasteiger partial charge in [0.2, 0.25) is 0 Å². The number of imidazole rings is 1. The topological polar surface area (TPSA) is 76.8 Å². The first kappa shape index (κ1) is 18.3. The van der Waals surface area contributed by atoms with Gasteiger partial charge in [-0.2, -0.15) is 0 Å². The number of methoxy groups -OCH3 is 2. The summed E-state index contributed by atoms with van der Waals surface area (Å²) in [7, 11) is 3.18. The zero-order valence-corrected chi connectivity index (χ0v) is 15.2. The van der Waals surface area contributed by atoms with E-state index in [9.17, 15) is 9.90 Å². The first-order valence-electron chi connectivity index (χ1n) is 8.75. The molecule has 140 valence electrons. The molecule has 0 amide bonds. The van der Waals surface area contributed by atoms with E-state index in [0.29, 0.717) is 24.6 Å². The lowest BCUT2D eigenvalue weighted by Crippen LogP contribution is -2.25. The van der Waals surface area contributed by atoms with Crippen LogP contribution in [0.1, 0.15) is 17.9 Å². The fourth-order valence-electron chi connectivity index (χ4n) is 3.73. The summed E-state index contributed by atoms with van der Waals surface area (Å²) in [4.78, 5) is 18.1. The Morgan fingerprint density at radius 2 is 2.12 bits per heavy atom. The number of likely N-dealkylation sites (tertiary alicyclic amines) is 1. The maximum atomic E-state index is 11.8. The average molecular weight is 359 g/mol. The number of rotatable bonds is 8. The first-order valence-corrected chi connectivity index (χ1v) is 8.75. The van der Waals surface area contributed by atoms with Gasteiger partial charge in [-0.25, -0.2) is 4.98 Å². The SMILES string of the molecule is COc1cccc([C@@H]2CN(CCCn3ccnc3)C[C@H]2C(=O)O)c1OC. The number of benzene rings is 1. The van der Waals surface area contributed by atoms with Crippen molar-refractivity contribution in [2.24, 2.45) is 5.92 Å². The molecule has 7 heteroatoms. The van der Waals surface area contributed by atoms with Gasteiger partial charge in [-0.3, -0.25) is 4.79 Å². The number of nitrogens with zero attached hydrogens (tertiary/aromatic N) is 3. The minimum Gasteiger partial charge on any atom is -0.493 e. The van der Waals surface area contributed by atoms with Gasteiger partial charge in [0.25, 0.3) is 0 Å². The highest BCUT2D eigenvalue weighted by Crippen LogP contribution is 2.41. The predicted octanol–water partition coefficient (Wildman–Crippen LogP) is 2.09. The second kappa shape index (κ2) is 8.23. The van der Waals surface area contributed by atoms with Crippen LogP contribution in [0, 0.1) is 5.92 Å². The molecule has 0 saturated carbocycles. The minimum absolute atomic E-state index is 0.120. The molecule has 0 spiro atoms. The Morgan fingerprint density at radius 1 is 1.27 bits per heavy atom. The smallest absolute Gasteiger partial charge is 0.308 e. The van der Waals surface area contributed by atoms with Crippen LogP contribution < -0.4 is 9.47 Å². The Labute approximate surface area is 153 Å². The lowest BCUT2D eigenvalue weighted by molar-refractivity contribution is -0.141. The first-order chi connectivity index (χ1) is 12.6. The van der Waals surface area contributed by atoms with Crippen LogP contribution in [0.25, 0.3) is 0 Å². The van der Waals surface area contributed by atoms with E-state index in [4.69, 9.17) is 9.47 Å². The van der Waals surface area contributed by atoms with Crippen LogP contribution in [0.3, 0.4) is 0 Å². The Morgan fingerprint density at radius 3 is 2.77 bits per heavy atom. The van der Waals surface area contributed by atoms with Crippen LogP contribution in [0.15, 0.2) is 36.9 Å². The Kier molecular flexibility index (Phi) is 5.78. The number of para-hydroxylation sites is 1. The Bertz CT molecular complexity index is 732. The maximum Gasteiger partial charge on any atom is 0.308 e. The molecule has 0 aliphatic carbocycles. The second-order valence-electron chi connectivity index (χ2n) is 6.55. The van der Waals surface area contributed by atoms with Crippen LogP contribution in [0.5, 0.6) is 11.5 Å². The van der Waals surface area contributed by atoms with E-state index in [-0.39, 0.29) is 5.92 Å². The third-order valence-electron chi connectivity index (χ3n) is 5.00. The summed E-state index contributed by atoms with van der Waals surface area (Å²) >= 11 is 0. The summed E-state index contributed by atoms with van der Waals surface area (Å²) in [5, 5.41) is 9.72. The monoisotopic (exact) mass is 359 g/mol. The van der Waals surface area contributed by atoms with Gasteiger partial charge in [0.15, 0.2) is 11.5 Å². The van der Waals surface area contributed by atoms with Crippen molar-refractivity contribution in [3.05, 3.63) is 42.5 Å². The van der Waals surface area contributed by atoms with Crippen LogP contribution in [-0.4, -0.2) is 59.4 Å². The zero-order valence-electron chi connectivity index (χ0n) is 15.2. The van der Waals surface area contributed by atoms with Crippen molar-refractivity contribution in [1.29, 1.82) is 0 Å². The number of hydrogen-bond donors (Lipinski definition) is 1. The summed E-state index contributed by atoms with van der Waals surface area (Å²) in [5.74, 6) is -0.0776. The van der Waals surface area contributed by atoms with E-state index in [1.807, 2.05) is 29.0 Å². The van der Waals surface area contributed by atoms with Crippen LogP contribution in [-0.2, 0) is 11.3 Å². The van der Waals surface area contributed by atoms with E-state index in [0.717, 1.165) is 25.1 Å². The average Bonchev–Trinajstić information content (AvgIpc) is 3.30. The molecule has 3 rings (SSSR count). The van der Waals surface area contributed by atoms with Crippen LogP contribution in [0.4, 0.5) is 0 Å². The molecular formula is C19H25N3O4. The number of carbonyl (C=O) groups is 1. The molecule has 2 atom stereocenters. The summed E-state index contributed by atoms with van der Waals surface area (Å²) < 4.78 is 12.9. The number of aliphatic carboxylic acids is 1. The molecule has 1 aliphatic heterocycles. The van der Waals surface area contributed by atoms with Gasteiger partial charge in [0, 0.05) is 43.5 Å². The van der Waals surface area contributed by atoms with E-state index < -0.39 is 11.9 Å². The molecule has 1 aromatic heterocycles. The van der Waals surface area contributed by atoms with Crippen molar-refractivity contribution in [2.75, 3.05) is 33.9 Å². The highest BCUT2D eigenvalue weighted by molar-refractivity contribution is 5.73. The Balaban J connectivity index is 1.73. The van der Waals surface area contributed by atoms with E-state index in [2.05, 4.69) is 9.88 Å². The maximum absolute atomic E-state index is 11.8. The lowest BCUT2D eigenvalue weighted by Gasteiger charge is -2.20. The number of hydrogen-bond acceptors (Lipinski definition) is 5. The van der Waals surface area contributed by atoms with Crippen molar-refractivity contribution in [3.63, 3.8) is 0 Å². The van der Waals surface area contributed by atoms with Gasteiger partial charge < -0.3 is 24.0 Å². The molecule has 2 heterocycles. The molecule has 0 radical (unpaired) electrons. The zero-order chi connectivity index (χ0) is 18.5. The summed E-state index contributed by atoms with van der Waals surface area (Å²) in [6.07, 6.45) is 6.45. The highest BCUT2D eigenvalue weighted by Gasteiger charge is 2.40. The molecule has 1 fully saturated rings. The van der Waals surface area contributed by atoms with Crippen molar-refractivity contribution in [1.82, 2.24) is 14.5 Å². The standard InChI is InChI=1S/C19H25N3O4/c1-25-17-6-3-5-14(18(17)26-2)15-11-22(12-16(15)19(23)24)9-4-8-21-10-7-20-13-21/h3,5-7,10,13,15-16H,4,8-9,11-12H2,1-2H3,(H,23,24)/t15-,16+/m0/s1. The van der Waals surface area contributed by atoms with Gasteiger partial charge >= 0.3 is 5.97 Å². The molecule has 1 N–H and O–H groups in total. The molecule has 1 aromatic carbocycles. The van der Waals surface area contributed by atoms with Gasteiger partial charge in [0.1, 0.15) is 0 Å². The molecule has 2 aromatic rings. The minimum atomic E-state index is -0.767. The number of carboxylic acids is 1. The molecule has 1 aliphatic rings. The van der Waals surface area contributed by atoms with E-state index in [1.54, 1.807) is 26.7 Å². The second-order valence-corrected chi connectivity index (χ2v) is 6.55. The lowest BCUT2D eigenvalue weighted by atomic mass is 9.88. The van der Waals surface area contributed by atoms with Crippen molar-refractivity contribution in [3.8, 4) is 11.5 Å². The number of aromatic nitrogens is 2. The quantitative estimate of drug-likeness (QED) is 0.778. The van der Waals surface area contributed by atoms with Crippen LogP contribution >= 0.6 is 0 Å². The molecular weight excluding hydrogens is 334 g/mol.